The summed E-state index contributed by atoms with van der Waals surface area (Å²) in [6.07, 6.45) is 0. The lowest BCUT2D eigenvalue weighted by Crippen LogP contribution is -2.43. The molecule has 2 rings (SSSR count). The number of rotatable bonds is 6. The number of hydrogen-bond donors (Lipinski definition) is 0. The van der Waals surface area contributed by atoms with E-state index in [-0.39, 0.29) is 10.8 Å². The third-order valence-electron chi connectivity index (χ3n) is 4.75. The molecule has 0 aliphatic carbocycles. The zero-order chi connectivity index (χ0) is 18.7. The van der Waals surface area contributed by atoms with Gasteiger partial charge in [-0.25, -0.2) is 0 Å². The van der Waals surface area contributed by atoms with Crippen LogP contribution < -0.4 is 9.16 Å². The molecule has 0 saturated heterocycles. The predicted molar refractivity (Wildman–Crippen MR) is 105 cm³/mol. The molecule has 0 aliphatic rings. The van der Waals surface area contributed by atoms with Crippen LogP contribution in [0.25, 0.3) is 0 Å². The summed E-state index contributed by atoms with van der Waals surface area (Å²) in [6.45, 7) is 13.0. The monoisotopic (exact) mass is 356 g/mol. The number of ether oxygens (including phenoxy) is 1. The summed E-state index contributed by atoms with van der Waals surface area (Å²) in [5, 5.41) is 0.103. The van der Waals surface area contributed by atoms with Gasteiger partial charge in [-0.2, -0.15) is 0 Å². The van der Waals surface area contributed by atoms with E-state index in [0.29, 0.717) is 17.9 Å². The van der Waals surface area contributed by atoms with Crippen molar-refractivity contribution in [3.63, 3.8) is 0 Å². The van der Waals surface area contributed by atoms with Crippen molar-refractivity contribution in [2.75, 3.05) is 0 Å². The van der Waals surface area contributed by atoms with Gasteiger partial charge in [0.1, 0.15) is 18.1 Å². The highest BCUT2D eigenvalue weighted by atomic mass is 28.4. The highest BCUT2D eigenvalue weighted by molar-refractivity contribution is 6.74. The Kier molecular flexibility index (Phi) is 5.73. The summed E-state index contributed by atoms with van der Waals surface area (Å²) in [5.74, 6) is 1.31. The number of Topliss-reactive ketones (excluding diaryl/α,β-unsaturated/α-hetero) is 1. The molecular weight excluding hydrogens is 328 g/mol. The lowest BCUT2D eigenvalue weighted by molar-refractivity contribution is 0.101. The molecule has 2 aromatic carbocycles. The van der Waals surface area contributed by atoms with Gasteiger partial charge in [-0.15, -0.1) is 0 Å². The quantitative estimate of drug-likeness (QED) is 0.481. The Balaban J connectivity index is 2.21. The number of hydrogen-bond acceptors (Lipinski definition) is 3. The average molecular weight is 357 g/mol. The van der Waals surface area contributed by atoms with E-state index in [1.54, 1.807) is 6.92 Å². The first-order chi connectivity index (χ1) is 11.6. The predicted octanol–water partition coefficient (Wildman–Crippen LogP) is 5.85. The van der Waals surface area contributed by atoms with Crippen LogP contribution in [0.3, 0.4) is 0 Å². The van der Waals surface area contributed by atoms with E-state index >= 15 is 0 Å². The molecule has 0 spiro atoms. The Morgan fingerprint density at radius 1 is 1.04 bits per heavy atom. The zero-order valence-corrected chi connectivity index (χ0v) is 17.1. The maximum absolute atomic E-state index is 12.1. The highest BCUT2D eigenvalue weighted by Gasteiger charge is 2.39. The van der Waals surface area contributed by atoms with E-state index in [1.165, 1.54) is 0 Å². The van der Waals surface area contributed by atoms with Gasteiger partial charge in [0.25, 0.3) is 0 Å². The Hall–Kier alpha value is -2.07. The zero-order valence-electron chi connectivity index (χ0n) is 16.1. The van der Waals surface area contributed by atoms with Gasteiger partial charge in [-0.05, 0) is 48.8 Å². The molecule has 0 heterocycles. The van der Waals surface area contributed by atoms with Crippen LogP contribution in [-0.4, -0.2) is 14.1 Å². The minimum atomic E-state index is -1.94. The van der Waals surface area contributed by atoms with Crippen molar-refractivity contribution in [3.8, 4) is 11.5 Å². The molecule has 0 N–H and O–H groups in total. The molecule has 0 unspecified atom stereocenters. The fourth-order valence-corrected chi connectivity index (χ4v) is 3.18. The van der Waals surface area contributed by atoms with Crippen molar-refractivity contribution >= 4 is 14.1 Å². The first-order valence-electron chi connectivity index (χ1n) is 8.61. The van der Waals surface area contributed by atoms with Crippen molar-refractivity contribution < 1.29 is 14.0 Å². The lowest BCUT2D eigenvalue weighted by Gasteiger charge is -2.36. The Morgan fingerprint density at radius 3 is 2.24 bits per heavy atom. The standard InChI is InChI=1S/C21H28O3Si/c1-16(22)19-14-18(24-25(5,6)21(2,3)4)12-13-20(19)23-15-17-10-8-7-9-11-17/h7-14H,15H2,1-6H3. The van der Waals surface area contributed by atoms with E-state index in [4.69, 9.17) is 9.16 Å². The smallest absolute Gasteiger partial charge is 0.250 e. The summed E-state index contributed by atoms with van der Waals surface area (Å²) in [6, 6.07) is 15.5. The first kappa shape index (κ1) is 19.3. The van der Waals surface area contributed by atoms with Gasteiger partial charge in [0.2, 0.25) is 8.32 Å². The van der Waals surface area contributed by atoms with Gasteiger partial charge in [0, 0.05) is 0 Å². The SMILES string of the molecule is CC(=O)c1cc(O[Si](C)(C)C(C)(C)C)ccc1OCc1ccccc1. The number of benzene rings is 2. The molecule has 0 fully saturated rings. The topological polar surface area (TPSA) is 35.5 Å². The summed E-state index contributed by atoms with van der Waals surface area (Å²) in [7, 11) is -1.94. The maximum atomic E-state index is 12.1. The van der Waals surface area contributed by atoms with Gasteiger partial charge < -0.3 is 9.16 Å². The Labute approximate surface area is 152 Å². The fourth-order valence-electron chi connectivity index (χ4n) is 2.16. The molecule has 0 aromatic heterocycles. The largest absolute Gasteiger partial charge is 0.543 e. The van der Waals surface area contributed by atoms with Crippen LogP contribution in [0.1, 0.15) is 43.6 Å². The van der Waals surface area contributed by atoms with E-state index in [0.717, 1.165) is 11.3 Å². The first-order valence-corrected chi connectivity index (χ1v) is 11.5. The normalized spacial score (nSPS) is 11.9. The van der Waals surface area contributed by atoms with E-state index in [1.807, 2.05) is 48.5 Å². The van der Waals surface area contributed by atoms with Crippen LogP contribution in [0.2, 0.25) is 18.1 Å². The number of ketones is 1. The summed E-state index contributed by atoms with van der Waals surface area (Å²) in [4.78, 5) is 12.1. The van der Waals surface area contributed by atoms with Crippen LogP contribution in [0.5, 0.6) is 11.5 Å². The average Bonchev–Trinajstić information content (AvgIpc) is 2.53. The minimum absolute atomic E-state index is 0.0243. The molecule has 0 bridgehead atoms. The Bertz CT molecular complexity index is 731. The van der Waals surface area contributed by atoms with Gasteiger partial charge in [0.05, 0.1) is 5.56 Å². The third kappa shape index (κ3) is 4.95. The van der Waals surface area contributed by atoms with Crippen molar-refractivity contribution in [1.29, 1.82) is 0 Å². The fraction of sp³-hybridized carbons (Fsp3) is 0.381. The van der Waals surface area contributed by atoms with Crippen LogP contribution in [-0.2, 0) is 6.61 Å². The second-order valence-electron chi connectivity index (χ2n) is 7.85. The molecule has 0 atom stereocenters. The third-order valence-corrected chi connectivity index (χ3v) is 9.11. The molecule has 25 heavy (non-hydrogen) atoms. The molecule has 4 heteroatoms. The molecule has 0 radical (unpaired) electrons. The molecule has 0 saturated carbocycles. The summed E-state index contributed by atoms with van der Waals surface area (Å²) in [5.41, 5.74) is 1.63. The molecule has 0 aliphatic heterocycles. The summed E-state index contributed by atoms with van der Waals surface area (Å²) >= 11 is 0. The van der Waals surface area contributed by atoms with E-state index in [2.05, 4.69) is 33.9 Å². The molecule has 3 nitrogen and oxygen atoms in total. The number of carbonyl (C=O) groups excluding carboxylic acids is 1. The second-order valence-corrected chi connectivity index (χ2v) is 12.6. The minimum Gasteiger partial charge on any atom is -0.543 e. The van der Waals surface area contributed by atoms with Crippen molar-refractivity contribution in [1.82, 2.24) is 0 Å². The van der Waals surface area contributed by atoms with Crippen LogP contribution in [0.4, 0.5) is 0 Å². The van der Waals surface area contributed by atoms with Crippen molar-refractivity contribution in [3.05, 3.63) is 59.7 Å². The van der Waals surface area contributed by atoms with Crippen LogP contribution in [0.15, 0.2) is 48.5 Å². The van der Waals surface area contributed by atoms with Gasteiger partial charge >= 0.3 is 0 Å². The van der Waals surface area contributed by atoms with E-state index in [9.17, 15) is 4.79 Å². The highest BCUT2D eigenvalue weighted by Crippen LogP contribution is 2.38. The van der Waals surface area contributed by atoms with Gasteiger partial charge in [-0.1, -0.05) is 51.1 Å². The molecule has 2 aromatic rings. The summed E-state index contributed by atoms with van der Waals surface area (Å²) < 4.78 is 12.2. The van der Waals surface area contributed by atoms with E-state index < -0.39 is 8.32 Å². The van der Waals surface area contributed by atoms with Gasteiger partial charge in [0.15, 0.2) is 5.78 Å². The second kappa shape index (κ2) is 7.44. The molecular formula is C21H28O3Si. The maximum Gasteiger partial charge on any atom is 0.250 e. The van der Waals surface area contributed by atoms with Crippen LogP contribution in [0, 0.1) is 0 Å². The van der Waals surface area contributed by atoms with Crippen molar-refractivity contribution in [2.45, 2.75) is 52.4 Å². The molecule has 134 valence electrons. The number of carbonyl (C=O) groups is 1. The van der Waals surface area contributed by atoms with Crippen LogP contribution >= 0.6 is 0 Å². The molecule has 0 amide bonds. The lowest BCUT2D eigenvalue weighted by atomic mass is 10.1. The Morgan fingerprint density at radius 2 is 1.68 bits per heavy atom. The van der Waals surface area contributed by atoms with Crippen molar-refractivity contribution in [2.24, 2.45) is 0 Å². The van der Waals surface area contributed by atoms with Gasteiger partial charge in [-0.3, -0.25) is 4.79 Å².